The monoisotopic (exact) mass is 339 g/mol. The first-order valence-corrected chi connectivity index (χ1v) is 7.59. The van der Waals surface area contributed by atoms with Crippen LogP contribution in [-0.4, -0.2) is 33.4 Å². The van der Waals surface area contributed by atoms with Crippen LogP contribution in [0.3, 0.4) is 0 Å². The summed E-state index contributed by atoms with van der Waals surface area (Å²) >= 11 is 5.78. The van der Waals surface area contributed by atoms with E-state index in [9.17, 15) is 14.3 Å². The van der Waals surface area contributed by atoms with Crippen molar-refractivity contribution in [3.05, 3.63) is 40.8 Å². The van der Waals surface area contributed by atoms with Crippen LogP contribution in [0.15, 0.2) is 24.4 Å². The Labute approximate surface area is 138 Å². The van der Waals surface area contributed by atoms with E-state index >= 15 is 0 Å². The van der Waals surface area contributed by atoms with Gasteiger partial charge in [-0.2, -0.15) is 5.10 Å². The predicted molar refractivity (Wildman–Crippen MR) is 86.8 cm³/mol. The van der Waals surface area contributed by atoms with Gasteiger partial charge >= 0.3 is 0 Å². The summed E-state index contributed by atoms with van der Waals surface area (Å²) in [6.07, 6.45) is 1.38. The maximum atomic E-state index is 13.3. The summed E-state index contributed by atoms with van der Waals surface area (Å²) in [5.74, 6) is -0.924. The molecule has 0 bridgehead atoms. The molecule has 2 aromatic rings. The van der Waals surface area contributed by atoms with Gasteiger partial charge in [-0.25, -0.2) is 4.39 Å². The zero-order valence-electron chi connectivity index (χ0n) is 13.2. The molecule has 0 saturated carbocycles. The number of aromatic amines is 1. The number of H-pyrrole nitrogens is 1. The molecular formula is C16H19ClFN3O2. The SMILES string of the molecule is CC(C)C(C)(O)CNC(=O)c1cn[nH]c1-c1ccc(F)c(Cl)c1. The predicted octanol–water partition coefficient (Wildman–Crippen LogP) is 3.01. The van der Waals surface area contributed by atoms with Gasteiger partial charge in [-0.05, 0) is 31.0 Å². The van der Waals surface area contributed by atoms with E-state index in [1.54, 1.807) is 6.92 Å². The molecule has 1 aromatic carbocycles. The third-order valence-corrected chi connectivity index (χ3v) is 4.23. The van der Waals surface area contributed by atoms with E-state index in [2.05, 4.69) is 15.5 Å². The van der Waals surface area contributed by atoms with E-state index in [4.69, 9.17) is 11.6 Å². The molecule has 2 rings (SSSR count). The number of aliphatic hydroxyl groups is 1. The minimum absolute atomic E-state index is 0.0116. The molecule has 1 aromatic heterocycles. The average molecular weight is 340 g/mol. The maximum Gasteiger partial charge on any atom is 0.255 e. The van der Waals surface area contributed by atoms with E-state index in [0.29, 0.717) is 16.8 Å². The van der Waals surface area contributed by atoms with Crippen LogP contribution in [0.5, 0.6) is 0 Å². The molecule has 1 atom stereocenters. The molecule has 0 saturated heterocycles. The summed E-state index contributed by atoms with van der Waals surface area (Å²) in [4.78, 5) is 12.3. The fraction of sp³-hybridized carbons (Fsp3) is 0.375. The highest BCUT2D eigenvalue weighted by molar-refractivity contribution is 6.31. The number of carbonyl (C=O) groups is 1. The number of hydrogen-bond donors (Lipinski definition) is 3. The number of nitrogens with one attached hydrogen (secondary N) is 2. The van der Waals surface area contributed by atoms with Crippen molar-refractivity contribution in [3.8, 4) is 11.3 Å². The maximum absolute atomic E-state index is 13.3. The average Bonchev–Trinajstić information content (AvgIpc) is 2.97. The topological polar surface area (TPSA) is 78.0 Å². The highest BCUT2D eigenvalue weighted by Crippen LogP contribution is 2.26. The number of amides is 1. The fourth-order valence-electron chi connectivity index (χ4n) is 1.89. The van der Waals surface area contributed by atoms with Crippen molar-refractivity contribution in [1.29, 1.82) is 0 Å². The molecule has 1 heterocycles. The van der Waals surface area contributed by atoms with Gasteiger partial charge < -0.3 is 10.4 Å². The Hall–Kier alpha value is -1.92. The van der Waals surface area contributed by atoms with E-state index in [1.165, 1.54) is 24.4 Å². The van der Waals surface area contributed by atoms with Crippen molar-refractivity contribution in [2.24, 2.45) is 5.92 Å². The standard InChI is InChI=1S/C16H19ClFN3O2/c1-9(2)16(3,23)8-19-15(22)11-7-20-21-14(11)10-4-5-13(18)12(17)6-10/h4-7,9,23H,8H2,1-3H3,(H,19,22)(H,20,21). The zero-order chi connectivity index (χ0) is 17.2. The number of halogens is 2. The molecule has 7 heteroatoms. The minimum atomic E-state index is -1.02. The number of rotatable bonds is 5. The number of hydrogen-bond acceptors (Lipinski definition) is 3. The van der Waals surface area contributed by atoms with Gasteiger partial charge in [-0.3, -0.25) is 9.89 Å². The van der Waals surface area contributed by atoms with Gasteiger partial charge in [0.2, 0.25) is 0 Å². The summed E-state index contributed by atoms with van der Waals surface area (Å²) in [5.41, 5.74) is 0.272. The summed E-state index contributed by atoms with van der Waals surface area (Å²) in [5, 5.41) is 19.4. The lowest BCUT2D eigenvalue weighted by Crippen LogP contribution is -2.44. The van der Waals surface area contributed by atoms with Gasteiger partial charge in [0.05, 0.1) is 28.1 Å². The van der Waals surface area contributed by atoms with Gasteiger partial charge in [-0.1, -0.05) is 25.4 Å². The lowest BCUT2D eigenvalue weighted by Gasteiger charge is -2.27. The van der Waals surface area contributed by atoms with Crippen molar-refractivity contribution in [1.82, 2.24) is 15.5 Å². The van der Waals surface area contributed by atoms with Gasteiger partial charge in [0, 0.05) is 12.1 Å². The summed E-state index contributed by atoms with van der Waals surface area (Å²) < 4.78 is 13.3. The van der Waals surface area contributed by atoms with Crippen molar-refractivity contribution < 1.29 is 14.3 Å². The van der Waals surface area contributed by atoms with Gasteiger partial charge in [0.1, 0.15) is 5.82 Å². The number of carbonyl (C=O) groups excluding carboxylic acids is 1. The molecule has 0 aliphatic carbocycles. The smallest absolute Gasteiger partial charge is 0.255 e. The first kappa shape index (κ1) is 17.4. The molecule has 1 amide bonds. The Bertz CT molecular complexity index is 713. The number of nitrogens with zero attached hydrogens (tertiary/aromatic N) is 1. The van der Waals surface area contributed by atoms with E-state index in [0.717, 1.165) is 0 Å². The van der Waals surface area contributed by atoms with Crippen LogP contribution in [-0.2, 0) is 0 Å². The lowest BCUT2D eigenvalue weighted by molar-refractivity contribution is 0.0142. The first-order chi connectivity index (χ1) is 10.7. The van der Waals surface area contributed by atoms with E-state index in [1.807, 2.05) is 13.8 Å². The number of benzene rings is 1. The van der Waals surface area contributed by atoms with Gasteiger partial charge in [0.15, 0.2) is 0 Å². The van der Waals surface area contributed by atoms with Crippen LogP contribution in [0, 0.1) is 11.7 Å². The lowest BCUT2D eigenvalue weighted by atomic mass is 9.92. The molecule has 3 N–H and O–H groups in total. The first-order valence-electron chi connectivity index (χ1n) is 7.21. The van der Waals surface area contributed by atoms with Crippen LogP contribution in [0.4, 0.5) is 4.39 Å². The Kier molecular flexibility index (Phi) is 5.06. The van der Waals surface area contributed by atoms with Crippen LogP contribution in [0.25, 0.3) is 11.3 Å². The second-order valence-corrected chi connectivity index (χ2v) is 6.39. The molecular weight excluding hydrogens is 321 g/mol. The van der Waals surface area contributed by atoms with Gasteiger partial charge in [-0.15, -0.1) is 0 Å². The second kappa shape index (κ2) is 6.68. The molecule has 0 fully saturated rings. The van der Waals surface area contributed by atoms with Crippen molar-refractivity contribution >= 4 is 17.5 Å². The molecule has 0 aliphatic heterocycles. The Morgan fingerprint density at radius 3 is 2.83 bits per heavy atom. The quantitative estimate of drug-likeness (QED) is 0.783. The molecule has 0 spiro atoms. The third-order valence-electron chi connectivity index (χ3n) is 3.94. The third kappa shape index (κ3) is 3.89. The largest absolute Gasteiger partial charge is 0.388 e. The summed E-state index contributed by atoms with van der Waals surface area (Å²) in [6.45, 7) is 5.51. The number of aromatic nitrogens is 2. The van der Waals surface area contributed by atoms with Crippen LogP contribution in [0.1, 0.15) is 31.1 Å². The fourth-order valence-corrected chi connectivity index (χ4v) is 2.07. The van der Waals surface area contributed by atoms with Crippen LogP contribution < -0.4 is 5.32 Å². The summed E-state index contributed by atoms with van der Waals surface area (Å²) in [6, 6.07) is 4.16. The summed E-state index contributed by atoms with van der Waals surface area (Å²) in [7, 11) is 0. The van der Waals surface area contributed by atoms with Crippen molar-refractivity contribution in [2.75, 3.05) is 6.54 Å². The Balaban J connectivity index is 2.20. The molecule has 1 unspecified atom stereocenters. The Morgan fingerprint density at radius 1 is 1.52 bits per heavy atom. The molecule has 124 valence electrons. The molecule has 0 radical (unpaired) electrons. The van der Waals surface area contributed by atoms with Gasteiger partial charge in [0.25, 0.3) is 5.91 Å². The molecule has 5 nitrogen and oxygen atoms in total. The Morgan fingerprint density at radius 2 is 2.22 bits per heavy atom. The zero-order valence-corrected chi connectivity index (χ0v) is 13.9. The molecule has 23 heavy (non-hydrogen) atoms. The van der Waals surface area contributed by atoms with E-state index < -0.39 is 11.4 Å². The van der Waals surface area contributed by atoms with Crippen LogP contribution in [0.2, 0.25) is 5.02 Å². The van der Waals surface area contributed by atoms with Crippen LogP contribution >= 0.6 is 11.6 Å². The minimum Gasteiger partial charge on any atom is -0.388 e. The highest BCUT2D eigenvalue weighted by atomic mass is 35.5. The van der Waals surface area contributed by atoms with Crippen molar-refractivity contribution in [3.63, 3.8) is 0 Å². The highest BCUT2D eigenvalue weighted by Gasteiger charge is 2.26. The molecule has 0 aliphatic rings. The normalized spacial score (nSPS) is 13.9. The van der Waals surface area contributed by atoms with Crippen molar-refractivity contribution in [2.45, 2.75) is 26.4 Å². The second-order valence-electron chi connectivity index (χ2n) is 5.98. The van der Waals surface area contributed by atoms with E-state index in [-0.39, 0.29) is 23.4 Å².